The van der Waals surface area contributed by atoms with Crippen molar-refractivity contribution in [3.8, 4) is 0 Å². The second-order valence-electron chi connectivity index (χ2n) is 2.91. The van der Waals surface area contributed by atoms with Crippen molar-refractivity contribution < 1.29 is 19.1 Å². The van der Waals surface area contributed by atoms with Gasteiger partial charge in [-0.1, -0.05) is 11.3 Å². The fourth-order valence-corrected chi connectivity index (χ4v) is 1.69. The normalized spacial score (nSPS) is 9.62. The Balaban J connectivity index is 2.56. The van der Waals surface area contributed by atoms with Gasteiger partial charge < -0.3 is 4.74 Å². The number of amides is 1. The fraction of sp³-hybridized carbons (Fsp3) is 0.333. The van der Waals surface area contributed by atoms with Crippen molar-refractivity contribution >= 4 is 34.6 Å². The van der Waals surface area contributed by atoms with Gasteiger partial charge in [-0.15, -0.1) is 0 Å². The summed E-state index contributed by atoms with van der Waals surface area (Å²) in [5.41, 5.74) is 0.558. The number of nitrogens with one attached hydrogen (secondary N) is 1. The lowest BCUT2D eigenvalue weighted by Crippen LogP contribution is -2.19. The number of nitrogens with zero attached hydrogens (tertiary/aromatic N) is 1. The van der Waals surface area contributed by atoms with Crippen molar-refractivity contribution in [3.05, 3.63) is 10.6 Å². The molecule has 6 nitrogen and oxygen atoms in total. The molecular formula is C9H10N2O4S. The Morgan fingerprint density at radius 1 is 1.56 bits per heavy atom. The molecule has 1 amide bonds. The summed E-state index contributed by atoms with van der Waals surface area (Å²) in [4.78, 5) is 36.6. The van der Waals surface area contributed by atoms with Gasteiger partial charge in [-0.25, -0.2) is 4.98 Å². The van der Waals surface area contributed by atoms with Crippen LogP contribution in [0.3, 0.4) is 0 Å². The molecule has 0 aliphatic heterocycles. The van der Waals surface area contributed by atoms with Crippen LogP contribution < -0.4 is 5.32 Å². The van der Waals surface area contributed by atoms with E-state index in [2.05, 4.69) is 15.0 Å². The standard InChI is InChI=1S/C9H10N2O4S/c1-5-7(3-12)16-9(10-5)11-8(14)4-15-6(2)13/h3H,4H2,1-2H3,(H,10,11,14). The number of aryl methyl sites for hydroxylation is 1. The third kappa shape index (κ3) is 3.43. The molecule has 0 unspecified atom stereocenters. The third-order valence-electron chi connectivity index (χ3n) is 1.59. The predicted molar refractivity (Wildman–Crippen MR) is 57.5 cm³/mol. The molecule has 1 aromatic rings. The van der Waals surface area contributed by atoms with Crippen LogP contribution in [-0.4, -0.2) is 29.8 Å². The molecule has 1 rings (SSSR count). The van der Waals surface area contributed by atoms with Crippen LogP contribution in [0.2, 0.25) is 0 Å². The number of ether oxygens (including phenoxy) is 1. The number of rotatable bonds is 4. The number of thiazole rings is 1. The number of anilines is 1. The number of aromatic nitrogens is 1. The highest BCUT2D eigenvalue weighted by Crippen LogP contribution is 2.20. The van der Waals surface area contributed by atoms with Crippen molar-refractivity contribution in [1.29, 1.82) is 0 Å². The molecule has 1 heterocycles. The van der Waals surface area contributed by atoms with Crippen molar-refractivity contribution in [2.45, 2.75) is 13.8 Å². The summed E-state index contributed by atoms with van der Waals surface area (Å²) >= 11 is 1.07. The van der Waals surface area contributed by atoms with E-state index in [4.69, 9.17) is 0 Å². The van der Waals surface area contributed by atoms with E-state index in [9.17, 15) is 14.4 Å². The maximum absolute atomic E-state index is 11.2. The van der Waals surface area contributed by atoms with Crippen LogP contribution in [0.1, 0.15) is 22.3 Å². The summed E-state index contributed by atoms with van der Waals surface area (Å²) in [6, 6.07) is 0. The molecule has 7 heteroatoms. The minimum Gasteiger partial charge on any atom is -0.456 e. The van der Waals surface area contributed by atoms with Crippen LogP contribution >= 0.6 is 11.3 Å². The maximum Gasteiger partial charge on any atom is 0.303 e. The minimum absolute atomic E-state index is 0.316. The van der Waals surface area contributed by atoms with Gasteiger partial charge in [0.1, 0.15) is 0 Å². The zero-order valence-corrected chi connectivity index (χ0v) is 9.59. The molecule has 0 aliphatic carbocycles. The molecule has 0 fully saturated rings. The van der Waals surface area contributed by atoms with Crippen molar-refractivity contribution in [1.82, 2.24) is 4.98 Å². The number of carbonyl (C=O) groups excluding carboxylic acids is 3. The Hall–Kier alpha value is -1.76. The molecule has 16 heavy (non-hydrogen) atoms. The quantitative estimate of drug-likeness (QED) is 0.622. The molecule has 0 spiro atoms. The Kier molecular flexibility index (Phi) is 4.12. The van der Waals surface area contributed by atoms with E-state index in [0.717, 1.165) is 11.3 Å². The SMILES string of the molecule is CC(=O)OCC(=O)Nc1nc(C)c(C=O)s1. The maximum atomic E-state index is 11.2. The summed E-state index contributed by atoms with van der Waals surface area (Å²) < 4.78 is 4.50. The zero-order valence-electron chi connectivity index (χ0n) is 8.77. The Morgan fingerprint density at radius 2 is 2.25 bits per heavy atom. The summed E-state index contributed by atoms with van der Waals surface area (Å²) in [5.74, 6) is -1.01. The van der Waals surface area contributed by atoms with Crippen LogP contribution in [0.15, 0.2) is 0 Å². The van der Waals surface area contributed by atoms with Crippen LogP contribution in [0.4, 0.5) is 5.13 Å². The molecule has 1 N–H and O–H groups in total. The van der Waals surface area contributed by atoms with E-state index in [0.29, 0.717) is 22.0 Å². The molecule has 86 valence electrons. The topological polar surface area (TPSA) is 85.4 Å². The van der Waals surface area contributed by atoms with Gasteiger partial charge in [0.15, 0.2) is 18.0 Å². The van der Waals surface area contributed by atoms with Gasteiger partial charge in [0.2, 0.25) is 0 Å². The second-order valence-corrected chi connectivity index (χ2v) is 3.95. The third-order valence-corrected chi connectivity index (χ3v) is 2.59. The van der Waals surface area contributed by atoms with E-state index in [1.54, 1.807) is 6.92 Å². The lowest BCUT2D eigenvalue weighted by Gasteiger charge is -2.00. The highest BCUT2D eigenvalue weighted by atomic mass is 32.1. The summed E-state index contributed by atoms with van der Waals surface area (Å²) in [6.07, 6.45) is 0.675. The average molecular weight is 242 g/mol. The van der Waals surface area contributed by atoms with Gasteiger partial charge in [-0.05, 0) is 6.92 Å². The smallest absolute Gasteiger partial charge is 0.303 e. The van der Waals surface area contributed by atoms with Crippen molar-refractivity contribution in [3.63, 3.8) is 0 Å². The van der Waals surface area contributed by atoms with Gasteiger partial charge in [0, 0.05) is 6.92 Å². The Labute approximate surface area is 95.6 Å². The van der Waals surface area contributed by atoms with Crippen LogP contribution in [0.25, 0.3) is 0 Å². The first kappa shape index (κ1) is 12.3. The fourth-order valence-electron chi connectivity index (χ4n) is 0.894. The van der Waals surface area contributed by atoms with E-state index < -0.39 is 11.9 Å². The zero-order chi connectivity index (χ0) is 12.1. The summed E-state index contributed by atoms with van der Waals surface area (Å²) in [5, 5.41) is 2.74. The van der Waals surface area contributed by atoms with Crippen LogP contribution in [-0.2, 0) is 14.3 Å². The molecule has 0 saturated carbocycles. The number of aldehydes is 1. The minimum atomic E-state index is -0.529. The highest BCUT2D eigenvalue weighted by Gasteiger charge is 2.10. The van der Waals surface area contributed by atoms with E-state index in [-0.39, 0.29) is 6.61 Å². The first-order chi connectivity index (χ1) is 7.52. The van der Waals surface area contributed by atoms with Crippen LogP contribution in [0, 0.1) is 6.92 Å². The Bertz CT molecular complexity index is 427. The van der Waals surface area contributed by atoms with E-state index in [1.165, 1.54) is 6.92 Å². The second kappa shape index (κ2) is 5.36. The van der Waals surface area contributed by atoms with Crippen molar-refractivity contribution in [2.75, 3.05) is 11.9 Å². The first-order valence-electron chi connectivity index (χ1n) is 4.38. The van der Waals surface area contributed by atoms with Crippen LogP contribution in [0.5, 0.6) is 0 Å². The molecule has 0 aromatic carbocycles. The number of carbonyl (C=O) groups is 3. The highest BCUT2D eigenvalue weighted by molar-refractivity contribution is 7.17. The summed E-state index contributed by atoms with van der Waals surface area (Å²) in [6.45, 7) is 2.53. The van der Waals surface area contributed by atoms with Gasteiger partial charge in [0.05, 0.1) is 10.6 Å². The molecule has 0 bridgehead atoms. The Morgan fingerprint density at radius 3 is 2.75 bits per heavy atom. The lowest BCUT2D eigenvalue weighted by atomic mass is 10.4. The largest absolute Gasteiger partial charge is 0.456 e. The lowest BCUT2D eigenvalue weighted by molar-refractivity contribution is -0.144. The van der Waals surface area contributed by atoms with E-state index >= 15 is 0 Å². The van der Waals surface area contributed by atoms with Gasteiger partial charge in [0.25, 0.3) is 5.91 Å². The van der Waals surface area contributed by atoms with E-state index in [1.807, 2.05) is 0 Å². The van der Waals surface area contributed by atoms with Gasteiger partial charge in [-0.3, -0.25) is 19.7 Å². The summed E-state index contributed by atoms with van der Waals surface area (Å²) in [7, 11) is 0. The number of hydrogen-bond donors (Lipinski definition) is 1. The van der Waals surface area contributed by atoms with Gasteiger partial charge in [-0.2, -0.15) is 0 Å². The average Bonchev–Trinajstić information content (AvgIpc) is 2.55. The molecular weight excluding hydrogens is 232 g/mol. The molecule has 1 aromatic heterocycles. The number of esters is 1. The number of hydrogen-bond acceptors (Lipinski definition) is 6. The van der Waals surface area contributed by atoms with Crippen molar-refractivity contribution in [2.24, 2.45) is 0 Å². The molecule has 0 aliphatic rings. The molecule has 0 radical (unpaired) electrons. The molecule has 0 atom stereocenters. The monoisotopic (exact) mass is 242 g/mol. The first-order valence-corrected chi connectivity index (χ1v) is 5.20. The molecule has 0 saturated heterocycles. The predicted octanol–water partition coefficient (Wildman–Crippen LogP) is 0.766. The van der Waals surface area contributed by atoms with Gasteiger partial charge >= 0.3 is 5.97 Å².